The van der Waals surface area contributed by atoms with E-state index in [1.807, 2.05) is 24.3 Å². The van der Waals surface area contributed by atoms with Crippen molar-refractivity contribution in [3.63, 3.8) is 0 Å². The second kappa shape index (κ2) is 7.36. The molecule has 4 nitrogen and oxygen atoms in total. The maximum Gasteiger partial charge on any atom is 0.161 e. The lowest BCUT2D eigenvalue weighted by Crippen LogP contribution is -2.47. The molecule has 1 heterocycles. The summed E-state index contributed by atoms with van der Waals surface area (Å²) in [7, 11) is 1.73. The molecule has 19 heavy (non-hydrogen) atoms. The van der Waals surface area contributed by atoms with Crippen LogP contribution in [-0.2, 0) is 4.74 Å². The maximum absolute atomic E-state index is 6.05. The molecule has 2 rings (SSSR count). The molecule has 0 aromatic heterocycles. The molecule has 2 unspecified atom stereocenters. The summed E-state index contributed by atoms with van der Waals surface area (Å²) in [4.78, 5) is 0. The summed E-state index contributed by atoms with van der Waals surface area (Å²) >= 11 is 0. The van der Waals surface area contributed by atoms with Gasteiger partial charge in [-0.05, 0) is 31.5 Å². The largest absolute Gasteiger partial charge is 0.486 e. The first kappa shape index (κ1) is 14.2. The summed E-state index contributed by atoms with van der Waals surface area (Å²) in [5.41, 5.74) is 0. The van der Waals surface area contributed by atoms with Crippen LogP contribution in [0, 0.1) is 0 Å². The molecule has 0 saturated heterocycles. The van der Waals surface area contributed by atoms with Crippen molar-refractivity contribution in [3.8, 4) is 11.5 Å². The molecular formula is C15H23NO3. The average molecular weight is 265 g/mol. The first-order valence-electron chi connectivity index (χ1n) is 6.96. The predicted octanol–water partition coefficient (Wildman–Crippen LogP) is 2.23. The fraction of sp³-hybridized carbons (Fsp3) is 0.600. The number of benzene rings is 1. The average Bonchev–Trinajstić information content (AvgIpc) is 2.46. The normalized spacial score (nSPS) is 19.2. The number of rotatable bonds is 7. The van der Waals surface area contributed by atoms with Crippen molar-refractivity contribution < 1.29 is 14.2 Å². The molecule has 2 atom stereocenters. The molecular weight excluding hydrogens is 242 g/mol. The van der Waals surface area contributed by atoms with E-state index in [4.69, 9.17) is 14.2 Å². The van der Waals surface area contributed by atoms with Gasteiger partial charge in [-0.2, -0.15) is 0 Å². The Morgan fingerprint density at radius 1 is 1.37 bits per heavy atom. The zero-order valence-electron chi connectivity index (χ0n) is 11.7. The summed E-state index contributed by atoms with van der Waals surface area (Å²) < 4.78 is 16.9. The summed E-state index contributed by atoms with van der Waals surface area (Å²) in [5, 5.41) is 3.48. The van der Waals surface area contributed by atoms with E-state index in [0.717, 1.165) is 37.5 Å². The highest BCUT2D eigenvalue weighted by Gasteiger charge is 2.27. The van der Waals surface area contributed by atoms with Crippen LogP contribution in [0.5, 0.6) is 11.5 Å². The number of para-hydroxylation sites is 2. The van der Waals surface area contributed by atoms with Gasteiger partial charge < -0.3 is 19.5 Å². The van der Waals surface area contributed by atoms with Crippen molar-refractivity contribution >= 4 is 0 Å². The van der Waals surface area contributed by atoms with E-state index in [1.54, 1.807) is 7.11 Å². The fourth-order valence-corrected chi connectivity index (χ4v) is 2.36. The Morgan fingerprint density at radius 2 is 2.16 bits per heavy atom. The molecule has 1 aliphatic rings. The highest BCUT2D eigenvalue weighted by atomic mass is 16.6. The fourth-order valence-electron chi connectivity index (χ4n) is 2.36. The van der Waals surface area contributed by atoms with Gasteiger partial charge in [0.05, 0.1) is 0 Å². The maximum atomic E-state index is 6.05. The van der Waals surface area contributed by atoms with Crippen molar-refractivity contribution in [3.05, 3.63) is 24.3 Å². The standard InChI is InChI=1S/C15H23NO3/c1-3-16-12(7-6-10-17-2)15-11-18-13-8-4-5-9-14(13)19-15/h4-5,8-9,12,15-16H,3,6-7,10-11H2,1-2H3. The number of fused-ring (bicyclic) bond motifs is 1. The van der Waals surface area contributed by atoms with E-state index in [2.05, 4.69) is 12.2 Å². The topological polar surface area (TPSA) is 39.7 Å². The zero-order chi connectivity index (χ0) is 13.5. The van der Waals surface area contributed by atoms with Gasteiger partial charge in [0.1, 0.15) is 12.7 Å². The molecule has 0 spiro atoms. The van der Waals surface area contributed by atoms with Gasteiger partial charge in [0.15, 0.2) is 11.5 Å². The second-order valence-corrected chi connectivity index (χ2v) is 4.71. The summed E-state index contributed by atoms with van der Waals surface area (Å²) in [6.07, 6.45) is 2.11. The molecule has 0 bridgehead atoms. The lowest BCUT2D eigenvalue weighted by Gasteiger charge is -2.32. The second-order valence-electron chi connectivity index (χ2n) is 4.71. The van der Waals surface area contributed by atoms with Crippen LogP contribution in [0.4, 0.5) is 0 Å². The Labute approximate surface area is 115 Å². The quantitative estimate of drug-likeness (QED) is 0.767. The molecule has 1 N–H and O–H groups in total. The Hall–Kier alpha value is -1.26. The lowest BCUT2D eigenvalue weighted by atomic mass is 10.0. The number of likely N-dealkylation sites (N-methyl/N-ethyl adjacent to an activating group) is 1. The number of hydrogen-bond acceptors (Lipinski definition) is 4. The van der Waals surface area contributed by atoms with E-state index in [0.29, 0.717) is 12.6 Å². The third-order valence-corrected chi connectivity index (χ3v) is 3.31. The molecule has 1 aromatic rings. The van der Waals surface area contributed by atoms with Crippen LogP contribution in [0.2, 0.25) is 0 Å². The minimum Gasteiger partial charge on any atom is -0.486 e. The van der Waals surface area contributed by atoms with E-state index in [1.165, 1.54) is 0 Å². The van der Waals surface area contributed by atoms with Gasteiger partial charge in [0, 0.05) is 19.8 Å². The van der Waals surface area contributed by atoms with E-state index in [9.17, 15) is 0 Å². The molecule has 1 aromatic carbocycles. The minimum atomic E-state index is 0.0618. The van der Waals surface area contributed by atoms with Crippen LogP contribution in [0.15, 0.2) is 24.3 Å². The molecule has 4 heteroatoms. The van der Waals surface area contributed by atoms with Crippen molar-refractivity contribution in [2.24, 2.45) is 0 Å². The van der Waals surface area contributed by atoms with Crippen LogP contribution in [0.25, 0.3) is 0 Å². The first-order valence-corrected chi connectivity index (χ1v) is 6.96. The number of ether oxygens (including phenoxy) is 3. The van der Waals surface area contributed by atoms with E-state index >= 15 is 0 Å². The van der Waals surface area contributed by atoms with Crippen LogP contribution < -0.4 is 14.8 Å². The van der Waals surface area contributed by atoms with Gasteiger partial charge in [0.2, 0.25) is 0 Å². The Morgan fingerprint density at radius 3 is 2.89 bits per heavy atom. The summed E-state index contributed by atoms with van der Waals surface area (Å²) in [6.45, 7) is 4.42. The molecule has 0 saturated carbocycles. The van der Waals surface area contributed by atoms with Crippen LogP contribution >= 0.6 is 0 Å². The number of hydrogen-bond donors (Lipinski definition) is 1. The van der Waals surface area contributed by atoms with Gasteiger partial charge >= 0.3 is 0 Å². The van der Waals surface area contributed by atoms with Crippen molar-refractivity contribution in [1.29, 1.82) is 0 Å². The zero-order valence-corrected chi connectivity index (χ0v) is 11.7. The van der Waals surface area contributed by atoms with Gasteiger partial charge in [-0.25, -0.2) is 0 Å². The van der Waals surface area contributed by atoms with Gasteiger partial charge in [-0.15, -0.1) is 0 Å². The highest BCUT2D eigenvalue weighted by molar-refractivity contribution is 5.40. The molecule has 0 aliphatic carbocycles. The molecule has 106 valence electrons. The van der Waals surface area contributed by atoms with Crippen LogP contribution in [0.3, 0.4) is 0 Å². The SMILES string of the molecule is CCNC(CCCOC)C1COc2ccccc2O1. The number of nitrogens with one attached hydrogen (secondary N) is 1. The van der Waals surface area contributed by atoms with Gasteiger partial charge in [-0.3, -0.25) is 0 Å². The van der Waals surface area contributed by atoms with E-state index in [-0.39, 0.29) is 6.10 Å². The first-order chi connectivity index (χ1) is 9.35. The Balaban J connectivity index is 1.95. The van der Waals surface area contributed by atoms with Crippen molar-refractivity contribution in [2.75, 3.05) is 26.9 Å². The smallest absolute Gasteiger partial charge is 0.161 e. The molecule has 0 amide bonds. The van der Waals surface area contributed by atoms with E-state index < -0.39 is 0 Å². The molecule has 1 aliphatic heterocycles. The number of methoxy groups -OCH3 is 1. The Bertz CT molecular complexity index is 383. The lowest BCUT2D eigenvalue weighted by molar-refractivity contribution is 0.0568. The van der Waals surface area contributed by atoms with Crippen molar-refractivity contribution in [1.82, 2.24) is 5.32 Å². The van der Waals surface area contributed by atoms with Crippen molar-refractivity contribution in [2.45, 2.75) is 31.9 Å². The minimum absolute atomic E-state index is 0.0618. The highest BCUT2D eigenvalue weighted by Crippen LogP contribution is 2.32. The molecule has 0 fully saturated rings. The Kier molecular flexibility index (Phi) is 5.48. The van der Waals surface area contributed by atoms with Gasteiger partial charge in [-0.1, -0.05) is 19.1 Å². The third-order valence-electron chi connectivity index (χ3n) is 3.31. The van der Waals surface area contributed by atoms with Gasteiger partial charge in [0.25, 0.3) is 0 Å². The van der Waals surface area contributed by atoms with Crippen LogP contribution in [-0.4, -0.2) is 39.0 Å². The monoisotopic (exact) mass is 265 g/mol. The van der Waals surface area contributed by atoms with Crippen LogP contribution in [0.1, 0.15) is 19.8 Å². The summed E-state index contributed by atoms with van der Waals surface area (Å²) in [5.74, 6) is 1.68. The predicted molar refractivity (Wildman–Crippen MR) is 74.9 cm³/mol. The third kappa shape index (κ3) is 3.85. The molecule has 0 radical (unpaired) electrons. The summed E-state index contributed by atoms with van der Waals surface area (Å²) in [6, 6.07) is 8.13.